The van der Waals surface area contributed by atoms with Crippen LogP contribution in [0.4, 0.5) is 0 Å². The highest BCUT2D eigenvalue weighted by Gasteiger charge is 2.05. The van der Waals surface area contributed by atoms with Crippen LogP contribution in [0.15, 0.2) is 81.7 Å². The van der Waals surface area contributed by atoms with Gasteiger partial charge in [-0.25, -0.2) is 9.59 Å². The number of hydrogen-bond donors (Lipinski definition) is 4. The van der Waals surface area contributed by atoms with Crippen molar-refractivity contribution in [1.82, 2.24) is 0 Å². The van der Waals surface area contributed by atoms with Crippen molar-refractivity contribution in [3.05, 3.63) is 72.3 Å². The van der Waals surface area contributed by atoms with Gasteiger partial charge in [-0.1, -0.05) is 53.3 Å². The minimum atomic E-state index is -1.26. The fourth-order valence-corrected chi connectivity index (χ4v) is 2.70. The van der Waals surface area contributed by atoms with E-state index in [1.807, 2.05) is 42.5 Å². The number of carboxylic acids is 2. The number of rotatable bonds is 6. The highest BCUT2D eigenvalue weighted by Crippen LogP contribution is 2.30. The summed E-state index contributed by atoms with van der Waals surface area (Å²) in [6, 6.07) is 18.1. The molecule has 0 fully saturated rings. The second kappa shape index (κ2) is 11.3. The Balaban J connectivity index is 0.000000359. The molecule has 2 aromatic rings. The molecule has 136 valence electrons. The molecular weight excluding hydrogens is 356 g/mol. The maximum absolute atomic E-state index is 9.55. The number of carbonyl (C=O) groups is 2. The highest BCUT2D eigenvalue weighted by molar-refractivity contribution is 7.99. The summed E-state index contributed by atoms with van der Waals surface area (Å²) in [5.41, 5.74) is 6.62. The van der Waals surface area contributed by atoms with Gasteiger partial charge in [-0.3, -0.25) is 0 Å². The van der Waals surface area contributed by atoms with Crippen LogP contribution in [0.1, 0.15) is 5.56 Å². The van der Waals surface area contributed by atoms with Gasteiger partial charge in [0.15, 0.2) is 0 Å². The summed E-state index contributed by atoms with van der Waals surface area (Å²) < 4.78 is 0. The first-order valence-corrected chi connectivity index (χ1v) is 8.15. The third-order valence-electron chi connectivity index (χ3n) is 2.81. The molecule has 2 aromatic carbocycles. The summed E-state index contributed by atoms with van der Waals surface area (Å²) in [7, 11) is 0. The fraction of sp³-hybridized carbons (Fsp3) is 0.0556. The van der Waals surface area contributed by atoms with E-state index in [9.17, 15) is 9.59 Å². The number of carboxylic acid groups (broad SMARTS) is 2. The van der Waals surface area contributed by atoms with Gasteiger partial charge in [-0.05, 0) is 23.8 Å². The van der Waals surface area contributed by atoms with Crippen molar-refractivity contribution in [1.29, 1.82) is 0 Å². The molecule has 0 amide bonds. The second-order valence-electron chi connectivity index (χ2n) is 4.80. The van der Waals surface area contributed by atoms with Gasteiger partial charge < -0.3 is 21.2 Å². The molecule has 0 aliphatic carbocycles. The van der Waals surface area contributed by atoms with Crippen molar-refractivity contribution in [2.24, 2.45) is 10.9 Å². The third-order valence-corrected chi connectivity index (χ3v) is 3.94. The second-order valence-corrected chi connectivity index (χ2v) is 5.92. The molecule has 26 heavy (non-hydrogen) atoms. The van der Waals surface area contributed by atoms with E-state index in [-0.39, 0.29) is 5.84 Å². The Morgan fingerprint density at radius 1 is 0.962 bits per heavy atom. The molecule has 0 bridgehead atoms. The quantitative estimate of drug-likeness (QED) is 0.201. The zero-order valence-corrected chi connectivity index (χ0v) is 14.5. The van der Waals surface area contributed by atoms with E-state index in [4.69, 9.17) is 21.2 Å². The Hall–Kier alpha value is -3.26. The molecule has 0 atom stereocenters. The Kier molecular flexibility index (Phi) is 9.05. The van der Waals surface area contributed by atoms with Crippen LogP contribution in [0.2, 0.25) is 0 Å². The van der Waals surface area contributed by atoms with Gasteiger partial charge in [0, 0.05) is 28.4 Å². The largest absolute Gasteiger partial charge is 0.478 e. The average molecular weight is 374 g/mol. The van der Waals surface area contributed by atoms with Gasteiger partial charge >= 0.3 is 11.9 Å². The molecule has 2 rings (SSSR count). The van der Waals surface area contributed by atoms with Gasteiger partial charge in [0.1, 0.15) is 5.84 Å². The van der Waals surface area contributed by atoms with Crippen LogP contribution in [0.25, 0.3) is 0 Å². The van der Waals surface area contributed by atoms with E-state index < -0.39 is 11.9 Å². The summed E-state index contributed by atoms with van der Waals surface area (Å²) in [4.78, 5) is 21.4. The summed E-state index contributed by atoms with van der Waals surface area (Å²) in [5, 5.41) is 27.3. The van der Waals surface area contributed by atoms with Crippen LogP contribution in [0.5, 0.6) is 0 Å². The Labute approximate surface area is 154 Å². The SMILES string of the molecule is N/C(Cc1ccccc1Sc1ccccc1)=N\O.O=C(O)/C=C\C(=O)O. The molecule has 0 saturated heterocycles. The van der Waals surface area contributed by atoms with E-state index in [1.165, 1.54) is 4.90 Å². The molecule has 0 aliphatic rings. The molecule has 5 N–H and O–H groups in total. The molecule has 0 aromatic heterocycles. The van der Waals surface area contributed by atoms with Crippen LogP contribution in [0.3, 0.4) is 0 Å². The number of benzene rings is 2. The fourth-order valence-electron chi connectivity index (χ4n) is 1.74. The van der Waals surface area contributed by atoms with Crippen molar-refractivity contribution in [3.63, 3.8) is 0 Å². The van der Waals surface area contributed by atoms with Crippen molar-refractivity contribution < 1.29 is 25.0 Å². The standard InChI is InChI=1S/C14H14N2OS.C4H4O4/c15-14(16-17)10-11-6-4-5-9-13(11)18-12-7-2-1-3-8-12;5-3(6)1-2-4(7)8/h1-9,17H,10H2,(H2,15,16);1-2H,(H,5,6)(H,7,8)/b;2-1-. The number of nitrogens with zero attached hydrogens (tertiary/aromatic N) is 1. The van der Waals surface area contributed by atoms with Crippen LogP contribution in [-0.4, -0.2) is 33.2 Å². The van der Waals surface area contributed by atoms with E-state index in [0.29, 0.717) is 18.6 Å². The summed E-state index contributed by atoms with van der Waals surface area (Å²) in [6.07, 6.45) is 1.57. The first-order chi connectivity index (χ1) is 12.4. The Morgan fingerprint density at radius 3 is 2.04 bits per heavy atom. The number of amidine groups is 1. The van der Waals surface area contributed by atoms with Gasteiger partial charge in [-0.2, -0.15) is 0 Å². The van der Waals surface area contributed by atoms with Crippen molar-refractivity contribution >= 4 is 29.5 Å². The van der Waals surface area contributed by atoms with Crippen LogP contribution >= 0.6 is 11.8 Å². The van der Waals surface area contributed by atoms with Gasteiger partial charge in [0.2, 0.25) is 0 Å². The summed E-state index contributed by atoms with van der Waals surface area (Å²) >= 11 is 1.67. The van der Waals surface area contributed by atoms with Crippen molar-refractivity contribution in [3.8, 4) is 0 Å². The lowest BCUT2D eigenvalue weighted by atomic mass is 10.1. The smallest absolute Gasteiger partial charge is 0.328 e. The lowest BCUT2D eigenvalue weighted by Gasteiger charge is -2.08. The van der Waals surface area contributed by atoms with Gasteiger partial charge in [0.05, 0.1) is 0 Å². The molecule has 0 radical (unpaired) electrons. The molecule has 0 saturated carbocycles. The molecule has 0 aliphatic heterocycles. The number of oxime groups is 1. The average Bonchev–Trinajstić information content (AvgIpc) is 2.63. The minimum Gasteiger partial charge on any atom is -0.478 e. The first kappa shape index (κ1) is 20.8. The number of aliphatic carboxylic acids is 2. The van der Waals surface area contributed by atoms with Gasteiger partial charge in [-0.15, -0.1) is 0 Å². The third kappa shape index (κ3) is 8.55. The zero-order valence-electron chi connectivity index (χ0n) is 13.6. The molecule has 0 heterocycles. The molecule has 0 unspecified atom stereocenters. The van der Waals surface area contributed by atoms with Crippen LogP contribution in [0, 0.1) is 0 Å². The minimum absolute atomic E-state index is 0.219. The number of hydrogen-bond acceptors (Lipinski definition) is 5. The van der Waals surface area contributed by atoms with E-state index in [0.717, 1.165) is 10.5 Å². The molecular formula is C18H18N2O5S. The monoisotopic (exact) mass is 374 g/mol. The van der Waals surface area contributed by atoms with E-state index in [1.54, 1.807) is 11.8 Å². The van der Waals surface area contributed by atoms with Crippen molar-refractivity contribution in [2.45, 2.75) is 16.2 Å². The van der Waals surface area contributed by atoms with E-state index in [2.05, 4.69) is 17.3 Å². The van der Waals surface area contributed by atoms with Crippen LogP contribution < -0.4 is 5.73 Å². The Morgan fingerprint density at radius 2 is 1.50 bits per heavy atom. The normalized spacial score (nSPS) is 10.8. The maximum atomic E-state index is 9.55. The summed E-state index contributed by atoms with van der Waals surface area (Å²) in [6.45, 7) is 0. The molecule has 7 nitrogen and oxygen atoms in total. The lowest BCUT2D eigenvalue weighted by molar-refractivity contribution is -0.134. The predicted molar refractivity (Wildman–Crippen MR) is 98.5 cm³/mol. The zero-order chi connectivity index (χ0) is 19.4. The Bertz CT molecular complexity index is 775. The van der Waals surface area contributed by atoms with Crippen molar-refractivity contribution in [2.75, 3.05) is 0 Å². The van der Waals surface area contributed by atoms with Crippen LogP contribution in [-0.2, 0) is 16.0 Å². The molecule has 0 spiro atoms. The van der Waals surface area contributed by atoms with Gasteiger partial charge in [0.25, 0.3) is 0 Å². The highest BCUT2D eigenvalue weighted by atomic mass is 32.2. The predicted octanol–water partition coefficient (Wildman–Crippen LogP) is 2.84. The molecule has 8 heteroatoms. The first-order valence-electron chi connectivity index (χ1n) is 7.33. The van der Waals surface area contributed by atoms with E-state index >= 15 is 0 Å². The summed E-state index contributed by atoms with van der Waals surface area (Å²) in [5.74, 6) is -2.30. The maximum Gasteiger partial charge on any atom is 0.328 e. The topological polar surface area (TPSA) is 133 Å². The lowest BCUT2D eigenvalue weighted by Crippen LogP contribution is -2.15. The number of nitrogens with two attached hydrogens (primary N) is 1.